The second-order valence-electron chi connectivity index (χ2n) is 23.8. The topological polar surface area (TPSA) is 388 Å². The van der Waals surface area contributed by atoms with Crippen molar-refractivity contribution in [3.05, 3.63) is 65.7 Å². The van der Waals surface area contributed by atoms with Crippen LogP contribution in [0.15, 0.2) is 59.5 Å². The predicted octanol–water partition coefficient (Wildman–Crippen LogP) is 2.01. The lowest BCUT2D eigenvalue weighted by molar-refractivity contribution is -0.136. The Labute approximate surface area is 499 Å². The third kappa shape index (κ3) is 28.2. The van der Waals surface area contributed by atoms with E-state index in [1.165, 1.54) is 12.1 Å². The van der Waals surface area contributed by atoms with Crippen molar-refractivity contribution in [3.63, 3.8) is 0 Å². The van der Waals surface area contributed by atoms with Crippen molar-refractivity contribution in [1.82, 2.24) is 41.5 Å². The lowest BCUT2D eigenvalue weighted by atomic mass is 9.98. The van der Waals surface area contributed by atoms with E-state index in [2.05, 4.69) is 37.2 Å². The van der Waals surface area contributed by atoms with Gasteiger partial charge in [-0.2, -0.15) is 4.31 Å². The monoisotopic (exact) mass is 1200 g/mol. The van der Waals surface area contributed by atoms with Gasteiger partial charge >= 0.3 is 0 Å². The van der Waals surface area contributed by atoms with Crippen molar-refractivity contribution in [2.45, 2.75) is 205 Å². The van der Waals surface area contributed by atoms with Crippen LogP contribution in [0.3, 0.4) is 0 Å². The maximum Gasteiger partial charge on any atom is 0.243 e. The molecule has 2 aromatic carbocycles. The van der Waals surface area contributed by atoms with Gasteiger partial charge in [0, 0.05) is 12.6 Å². The summed E-state index contributed by atoms with van der Waals surface area (Å²) in [4.78, 5) is 112. The number of nitrogens with zero attached hydrogens (tertiary/aromatic N) is 1. The van der Waals surface area contributed by atoms with Crippen LogP contribution in [0.2, 0.25) is 0 Å². The molecule has 0 fully saturated rings. The number of sulfonamides is 1. The number of amides is 8. The Bertz CT molecular complexity index is 2470. The Hall–Kier alpha value is -6.05. The van der Waals surface area contributed by atoms with Gasteiger partial charge in [-0.25, -0.2) is 8.42 Å². The van der Waals surface area contributed by atoms with Gasteiger partial charge in [0.2, 0.25) is 57.3 Å². The third-order valence-corrected chi connectivity index (χ3v) is 15.7. The van der Waals surface area contributed by atoms with Crippen LogP contribution < -0.4 is 65.9 Å². The number of benzene rings is 2. The smallest absolute Gasteiger partial charge is 0.243 e. The minimum absolute atomic E-state index is 0.0276. The van der Waals surface area contributed by atoms with Crippen LogP contribution in [0, 0.1) is 30.6 Å². The first-order valence-corrected chi connectivity index (χ1v) is 31.4. The van der Waals surface area contributed by atoms with Crippen molar-refractivity contribution in [2.24, 2.45) is 52.3 Å². The summed E-state index contributed by atoms with van der Waals surface area (Å²) in [6.07, 6.45) is 4.11. The molecule has 0 spiro atoms. The molecule has 0 aliphatic carbocycles. The van der Waals surface area contributed by atoms with E-state index in [9.17, 15) is 46.8 Å². The Morgan fingerprint density at radius 2 is 0.798 bits per heavy atom. The van der Waals surface area contributed by atoms with E-state index < -0.39 is 112 Å². The van der Waals surface area contributed by atoms with Gasteiger partial charge < -0.3 is 65.9 Å². The highest BCUT2D eigenvalue weighted by Crippen LogP contribution is 2.19. The van der Waals surface area contributed by atoms with Crippen LogP contribution in [0.4, 0.5) is 0 Å². The second kappa shape index (κ2) is 38.8. The number of aryl methyl sites for hydroxylation is 1. The summed E-state index contributed by atoms with van der Waals surface area (Å²) in [7, 11) is -4.28. The van der Waals surface area contributed by atoms with Crippen LogP contribution in [0.1, 0.15) is 150 Å². The van der Waals surface area contributed by atoms with Gasteiger partial charge in [-0.05, 0) is 158 Å². The van der Waals surface area contributed by atoms with Gasteiger partial charge in [-0.1, -0.05) is 103 Å². The molecule has 0 aliphatic rings. The molecule has 0 bridgehead atoms. The Morgan fingerprint density at radius 3 is 1.15 bits per heavy atom. The summed E-state index contributed by atoms with van der Waals surface area (Å²) in [5, 5.41) is 19.4. The number of carbonyl (C=O) groups is 8. The van der Waals surface area contributed by atoms with E-state index in [1.807, 2.05) is 92.6 Å². The van der Waals surface area contributed by atoms with Gasteiger partial charge in [0.1, 0.15) is 42.3 Å². The number of rotatable bonds is 42. The predicted molar refractivity (Wildman–Crippen MR) is 327 cm³/mol. The number of nitrogens with one attached hydrogen (secondary N) is 7. The molecule has 0 saturated heterocycles. The molecule has 24 heteroatoms. The maximum atomic E-state index is 14.5. The first-order chi connectivity index (χ1) is 39.6. The molecule has 2 rings (SSSR count). The lowest BCUT2D eigenvalue weighted by Crippen LogP contribution is -2.60. The summed E-state index contributed by atoms with van der Waals surface area (Å²) >= 11 is 0. The highest BCUT2D eigenvalue weighted by Gasteiger charge is 2.36. The third-order valence-electron chi connectivity index (χ3n) is 13.9. The number of hydrogen-bond acceptors (Lipinski definition) is 14. The number of primary amides is 1. The summed E-state index contributed by atoms with van der Waals surface area (Å²) in [5.41, 5.74) is 31.3. The van der Waals surface area contributed by atoms with E-state index in [4.69, 9.17) is 28.7 Å². The number of hydrogen-bond donors (Lipinski definition) is 12. The van der Waals surface area contributed by atoms with Crippen molar-refractivity contribution >= 4 is 57.3 Å². The van der Waals surface area contributed by atoms with E-state index in [0.717, 1.165) is 15.4 Å². The molecule has 2 aromatic rings. The lowest BCUT2D eigenvalue weighted by Gasteiger charge is -2.29. The van der Waals surface area contributed by atoms with Crippen LogP contribution in [0.5, 0.6) is 0 Å². The zero-order chi connectivity index (χ0) is 63.1. The molecule has 0 unspecified atom stereocenters. The molecular formula is C60H103N13O10S. The first-order valence-electron chi connectivity index (χ1n) is 30.0. The highest BCUT2D eigenvalue weighted by atomic mass is 32.2. The van der Waals surface area contributed by atoms with Gasteiger partial charge in [-0.15, -0.1) is 0 Å². The van der Waals surface area contributed by atoms with E-state index >= 15 is 0 Å². The average Bonchev–Trinajstić information content (AvgIpc) is 3.11. The van der Waals surface area contributed by atoms with Gasteiger partial charge in [0.15, 0.2) is 0 Å². The fourth-order valence-corrected chi connectivity index (χ4v) is 10.9. The SMILES string of the molecule is Cc1ccc(S(=O)(=O)N(CC(=O)N[C@@H](CCCCN)C(=O)N[C@@H](CC(C)C)C(=O)N[C@@H](CC(C)C)C(=O)N[C@@H](CCCCN)C(=O)N[C@@H](CCCCN)C(=O)N[C@@H](CC(C)C)C(=O)N[C@@H](CC(C)C)C(N)=O)C[C@@H](N)Cc2ccccc2)cc1. The molecule has 23 nitrogen and oxygen atoms in total. The maximum absolute atomic E-state index is 14.5. The van der Waals surface area contributed by atoms with E-state index in [-0.39, 0.29) is 80.1 Å². The number of unbranched alkanes of at least 4 members (excludes halogenated alkanes) is 3. The molecule has 84 heavy (non-hydrogen) atoms. The molecule has 17 N–H and O–H groups in total. The quantitative estimate of drug-likeness (QED) is 0.0424. The molecule has 8 amide bonds. The minimum Gasteiger partial charge on any atom is -0.368 e. The van der Waals surface area contributed by atoms with Crippen molar-refractivity contribution in [2.75, 3.05) is 32.7 Å². The summed E-state index contributed by atoms with van der Waals surface area (Å²) in [5.74, 6) is -5.97. The van der Waals surface area contributed by atoms with Gasteiger partial charge in [0.25, 0.3) is 0 Å². The van der Waals surface area contributed by atoms with Crippen LogP contribution in [0.25, 0.3) is 0 Å². The van der Waals surface area contributed by atoms with Crippen molar-refractivity contribution in [1.29, 1.82) is 0 Å². The average molecular weight is 1200 g/mol. The summed E-state index contributed by atoms with van der Waals surface area (Å²) in [6, 6.07) is 6.65. The van der Waals surface area contributed by atoms with E-state index in [1.54, 1.807) is 12.1 Å². The fraction of sp³-hybridized carbons (Fsp3) is 0.667. The molecule has 474 valence electrons. The Kier molecular flexibility index (Phi) is 34.2. The molecule has 8 atom stereocenters. The number of carbonyl (C=O) groups excluding carboxylic acids is 8. The largest absolute Gasteiger partial charge is 0.368 e. The van der Waals surface area contributed by atoms with Gasteiger partial charge in [-0.3, -0.25) is 38.4 Å². The zero-order valence-electron chi connectivity index (χ0n) is 51.4. The second-order valence-corrected chi connectivity index (χ2v) is 25.8. The molecular weight excluding hydrogens is 1090 g/mol. The summed E-state index contributed by atoms with van der Waals surface area (Å²) < 4.78 is 29.4. The fourth-order valence-electron chi connectivity index (χ4n) is 9.50. The standard InChI is InChI=1S/C60H103N13O10S/c1-38(2)31-49(54(65)75)69-59(80)51(33-40(5)6)71-57(78)48(23-15-18-30-63)67-56(77)47(22-14-17-29-62)68-58(79)50(32-39(3)4)72-60(81)52(34-41(7)8)70-55(76)46(21-13-16-28-61)66-53(74)37-73(36-44(64)35-43-19-11-10-12-20-43)84(82,83)45-26-24-42(9)25-27-45/h10-12,19-20,24-27,38-41,44,46-52H,13-18,21-23,28-37,61-64H2,1-9H3,(H2,65,75)(H,66,74)(H,67,77)(H,68,79)(H,69,80)(H,70,76)(H,71,78)(H,72,81)/t44-,46-,47-,48-,49-,50-,51-,52-/m0/s1. The normalized spacial score (nSPS) is 14.6. The van der Waals surface area contributed by atoms with Crippen molar-refractivity contribution < 1.29 is 46.8 Å². The first kappa shape index (κ1) is 74.1. The zero-order valence-corrected chi connectivity index (χ0v) is 52.2. The van der Waals surface area contributed by atoms with Gasteiger partial charge in [0.05, 0.1) is 11.4 Å². The van der Waals surface area contributed by atoms with Crippen LogP contribution >= 0.6 is 0 Å². The molecule has 0 aliphatic heterocycles. The van der Waals surface area contributed by atoms with Crippen LogP contribution in [-0.4, -0.2) is 141 Å². The highest BCUT2D eigenvalue weighted by molar-refractivity contribution is 7.89. The summed E-state index contributed by atoms with van der Waals surface area (Å²) in [6.45, 7) is 16.7. The molecule has 0 radical (unpaired) electrons. The van der Waals surface area contributed by atoms with E-state index in [0.29, 0.717) is 64.6 Å². The van der Waals surface area contributed by atoms with Crippen molar-refractivity contribution in [3.8, 4) is 0 Å². The molecule has 0 aromatic heterocycles. The molecule has 0 saturated carbocycles. The number of nitrogens with two attached hydrogens (primary N) is 5. The molecule has 0 heterocycles. The Morgan fingerprint density at radius 1 is 0.464 bits per heavy atom. The minimum atomic E-state index is -4.28. The van der Waals surface area contributed by atoms with Crippen LogP contribution in [-0.2, 0) is 54.8 Å². The Balaban J connectivity index is 2.46.